The molecule has 2 rings (SSSR count). The van der Waals surface area contributed by atoms with E-state index in [0.29, 0.717) is 23.0 Å². The minimum absolute atomic E-state index is 0.202. The summed E-state index contributed by atoms with van der Waals surface area (Å²) < 4.78 is 19.5. The van der Waals surface area contributed by atoms with Crippen molar-refractivity contribution >= 4 is 11.6 Å². The predicted octanol–water partition coefficient (Wildman–Crippen LogP) is 5.19. The Bertz CT molecular complexity index is 631. The van der Waals surface area contributed by atoms with E-state index in [0.717, 1.165) is 24.3 Å². The van der Waals surface area contributed by atoms with Gasteiger partial charge in [0.25, 0.3) is 0 Å². The molecule has 0 aliphatic heterocycles. The minimum atomic E-state index is -0.252. The molecule has 0 aliphatic rings. The van der Waals surface area contributed by atoms with E-state index in [2.05, 4.69) is 19.2 Å². The normalized spacial score (nSPS) is 11.0. The summed E-state index contributed by atoms with van der Waals surface area (Å²) in [6, 6.07) is 12.2. The molecule has 0 radical (unpaired) electrons. The molecule has 1 N–H and O–H groups in total. The Morgan fingerprint density at radius 1 is 1.13 bits per heavy atom. The molecule has 0 fully saturated rings. The van der Waals surface area contributed by atoms with Gasteiger partial charge in [-0.3, -0.25) is 0 Å². The highest BCUT2D eigenvalue weighted by Crippen LogP contribution is 2.24. The summed E-state index contributed by atoms with van der Waals surface area (Å²) in [4.78, 5) is 0. The first-order valence-electron chi connectivity index (χ1n) is 7.91. The van der Waals surface area contributed by atoms with E-state index < -0.39 is 0 Å². The standard InChI is InChI=1S/C19H23ClFNO/c1-14(2)9-10-22-12-16-11-17(20)7-8-19(16)23-13-15-5-3-4-6-18(15)21/h3-8,11,14,22H,9-10,12-13H2,1-2H3. The smallest absolute Gasteiger partial charge is 0.129 e. The zero-order valence-corrected chi connectivity index (χ0v) is 14.4. The zero-order valence-electron chi connectivity index (χ0n) is 13.6. The molecule has 0 aromatic heterocycles. The molecule has 0 bridgehead atoms. The lowest BCUT2D eigenvalue weighted by Gasteiger charge is -2.14. The van der Waals surface area contributed by atoms with Crippen LogP contribution >= 0.6 is 11.6 Å². The summed E-state index contributed by atoms with van der Waals surface area (Å²) in [6.45, 7) is 6.22. The molecule has 0 heterocycles. The lowest BCUT2D eigenvalue weighted by Crippen LogP contribution is -2.17. The van der Waals surface area contributed by atoms with Gasteiger partial charge in [0.1, 0.15) is 18.2 Å². The van der Waals surface area contributed by atoms with E-state index in [1.165, 1.54) is 6.07 Å². The average Bonchev–Trinajstić information content (AvgIpc) is 2.52. The van der Waals surface area contributed by atoms with Crippen LogP contribution in [0.25, 0.3) is 0 Å². The van der Waals surface area contributed by atoms with Crippen LogP contribution in [0.2, 0.25) is 5.02 Å². The van der Waals surface area contributed by atoms with Crippen LogP contribution in [0.3, 0.4) is 0 Å². The lowest BCUT2D eigenvalue weighted by atomic mass is 10.1. The summed E-state index contributed by atoms with van der Waals surface area (Å²) in [6.07, 6.45) is 1.12. The van der Waals surface area contributed by atoms with Crippen LogP contribution in [0.4, 0.5) is 4.39 Å². The first kappa shape index (κ1) is 17.8. The topological polar surface area (TPSA) is 21.3 Å². The highest BCUT2D eigenvalue weighted by Gasteiger charge is 2.07. The third-order valence-electron chi connectivity index (χ3n) is 3.58. The molecule has 0 spiro atoms. The van der Waals surface area contributed by atoms with Crippen LogP contribution in [-0.2, 0) is 13.2 Å². The Morgan fingerprint density at radius 3 is 2.65 bits per heavy atom. The average molecular weight is 336 g/mol. The fourth-order valence-corrected chi connectivity index (χ4v) is 2.41. The van der Waals surface area contributed by atoms with Crippen molar-refractivity contribution < 1.29 is 9.13 Å². The largest absolute Gasteiger partial charge is 0.488 e. The molecular formula is C19H23ClFNO. The second-order valence-corrected chi connectivity index (χ2v) is 6.43. The molecule has 0 unspecified atom stereocenters. The number of nitrogens with one attached hydrogen (secondary N) is 1. The Morgan fingerprint density at radius 2 is 1.91 bits per heavy atom. The number of halogens is 2. The van der Waals surface area contributed by atoms with Crippen LogP contribution < -0.4 is 10.1 Å². The molecule has 0 aliphatic carbocycles. The Labute approximate surface area is 142 Å². The fraction of sp³-hybridized carbons (Fsp3) is 0.368. The van der Waals surface area contributed by atoms with E-state index in [1.54, 1.807) is 24.3 Å². The maximum absolute atomic E-state index is 13.7. The van der Waals surface area contributed by atoms with Gasteiger partial charge in [-0.05, 0) is 43.1 Å². The summed E-state index contributed by atoms with van der Waals surface area (Å²) in [5, 5.41) is 4.07. The molecule has 23 heavy (non-hydrogen) atoms. The van der Waals surface area contributed by atoms with Crippen molar-refractivity contribution in [3.8, 4) is 5.75 Å². The van der Waals surface area contributed by atoms with Gasteiger partial charge in [-0.1, -0.05) is 43.6 Å². The van der Waals surface area contributed by atoms with Crippen molar-refractivity contribution in [2.45, 2.75) is 33.4 Å². The fourth-order valence-electron chi connectivity index (χ4n) is 2.21. The summed E-state index contributed by atoms with van der Waals surface area (Å²) in [5.74, 6) is 1.14. The van der Waals surface area contributed by atoms with Crippen molar-refractivity contribution in [2.75, 3.05) is 6.54 Å². The molecule has 0 atom stereocenters. The SMILES string of the molecule is CC(C)CCNCc1cc(Cl)ccc1OCc1ccccc1F. The highest BCUT2D eigenvalue weighted by molar-refractivity contribution is 6.30. The molecule has 124 valence electrons. The first-order chi connectivity index (χ1) is 11.1. The summed E-state index contributed by atoms with van der Waals surface area (Å²) in [5.41, 5.74) is 1.53. The number of hydrogen-bond acceptors (Lipinski definition) is 2. The molecule has 4 heteroatoms. The van der Waals surface area contributed by atoms with E-state index in [1.807, 2.05) is 12.1 Å². The van der Waals surface area contributed by atoms with Crippen molar-refractivity contribution in [2.24, 2.45) is 5.92 Å². The Balaban J connectivity index is 1.99. The van der Waals surface area contributed by atoms with Gasteiger partial charge in [-0.25, -0.2) is 4.39 Å². The monoisotopic (exact) mass is 335 g/mol. The van der Waals surface area contributed by atoms with Crippen LogP contribution in [0.15, 0.2) is 42.5 Å². The quantitative estimate of drug-likeness (QED) is 0.670. The van der Waals surface area contributed by atoms with Gasteiger partial charge in [-0.2, -0.15) is 0 Å². The van der Waals surface area contributed by atoms with Gasteiger partial charge in [0, 0.05) is 22.7 Å². The van der Waals surface area contributed by atoms with E-state index >= 15 is 0 Å². The molecular weight excluding hydrogens is 313 g/mol. The van der Waals surface area contributed by atoms with Crippen LogP contribution in [0.5, 0.6) is 5.75 Å². The van der Waals surface area contributed by atoms with Crippen LogP contribution in [0, 0.1) is 11.7 Å². The molecule has 0 saturated heterocycles. The number of rotatable bonds is 8. The molecule has 2 nitrogen and oxygen atoms in total. The van der Waals surface area contributed by atoms with Gasteiger partial charge in [0.2, 0.25) is 0 Å². The molecule has 0 saturated carbocycles. The van der Waals surface area contributed by atoms with Crippen molar-refractivity contribution in [3.05, 3.63) is 64.4 Å². The number of hydrogen-bond donors (Lipinski definition) is 1. The maximum atomic E-state index is 13.7. The minimum Gasteiger partial charge on any atom is -0.488 e. The van der Waals surface area contributed by atoms with E-state index in [-0.39, 0.29) is 12.4 Å². The van der Waals surface area contributed by atoms with Crippen molar-refractivity contribution in [3.63, 3.8) is 0 Å². The number of ether oxygens (including phenoxy) is 1. The van der Waals surface area contributed by atoms with Crippen molar-refractivity contribution in [1.82, 2.24) is 5.32 Å². The maximum Gasteiger partial charge on any atom is 0.129 e. The highest BCUT2D eigenvalue weighted by atomic mass is 35.5. The second kappa shape index (κ2) is 8.90. The second-order valence-electron chi connectivity index (χ2n) is 5.99. The zero-order chi connectivity index (χ0) is 16.7. The van der Waals surface area contributed by atoms with E-state index in [9.17, 15) is 4.39 Å². The number of benzene rings is 2. The van der Waals surface area contributed by atoms with Crippen LogP contribution in [0.1, 0.15) is 31.4 Å². The molecule has 2 aromatic rings. The summed E-state index contributed by atoms with van der Waals surface area (Å²) in [7, 11) is 0. The Hall–Kier alpha value is -1.58. The van der Waals surface area contributed by atoms with E-state index in [4.69, 9.17) is 16.3 Å². The van der Waals surface area contributed by atoms with Gasteiger partial charge in [0.05, 0.1) is 0 Å². The van der Waals surface area contributed by atoms with Gasteiger partial charge >= 0.3 is 0 Å². The van der Waals surface area contributed by atoms with Gasteiger partial charge in [0.15, 0.2) is 0 Å². The molecule has 0 amide bonds. The Kier molecular flexibility index (Phi) is 6.87. The van der Waals surface area contributed by atoms with Gasteiger partial charge < -0.3 is 10.1 Å². The summed E-state index contributed by atoms with van der Waals surface area (Å²) >= 11 is 6.08. The lowest BCUT2D eigenvalue weighted by molar-refractivity contribution is 0.296. The predicted molar refractivity (Wildman–Crippen MR) is 93.3 cm³/mol. The van der Waals surface area contributed by atoms with Crippen molar-refractivity contribution in [1.29, 1.82) is 0 Å². The van der Waals surface area contributed by atoms with Gasteiger partial charge in [-0.15, -0.1) is 0 Å². The molecule has 2 aromatic carbocycles. The third kappa shape index (κ3) is 5.85. The third-order valence-corrected chi connectivity index (χ3v) is 3.81. The van der Waals surface area contributed by atoms with Crippen LogP contribution in [-0.4, -0.2) is 6.54 Å². The first-order valence-corrected chi connectivity index (χ1v) is 8.29.